The van der Waals surface area contributed by atoms with Gasteiger partial charge in [0, 0.05) is 25.2 Å². The quantitative estimate of drug-likeness (QED) is 0.668. The van der Waals surface area contributed by atoms with Crippen LogP contribution in [0.1, 0.15) is 18.9 Å². The van der Waals surface area contributed by atoms with Crippen LogP contribution in [0, 0.1) is 0 Å². The van der Waals surface area contributed by atoms with Gasteiger partial charge in [-0.25, -0.2) is 0 Å². The van der Waals surface area contributed by atoms with Gasteiger partial charge in [0.2, 0.25) is 5.91 Å². The minimum atomic E-state index is 0.0416. The van der Waals surface area contributed by atoms with E-state index < -0.39 is 0 Å². The van der Waals surface area contributed by atoms with Crippen molar-refractivity contribution in [3.05, 3.63) is 29.8 Å². The summed E-state index contributed by atoms with van der Waals surface area (Å²) < 4.78 is 0. The van der Waals surface area contributed by atoms with Crippen LogP contribution < -0.4 is 16.0 Å². The van der Waals surface area contributed by atoms with Crippen LogP contribution in [-0.2, 0) is 11.3 Å². The zero-order chi connectivity index (χ0) is 12.5. The topological polar surface area (TPSA) is 53.2 Å². The van der Waals surface area contributed by atoms with Crippen LogP contribution in [0.15, 0.2) is 24.3 Å². The Morgan fingerprint density at radius 2 is 2.18 bits per heavy atom. The molecule has 1 aromatic rings. The summed E-state index contributed by atoms with van der Waals surface area (Å²) in [6.07, 6.45) is 0.494. The fraction of sp³-hybridized carbons (Fsp3) is 0.462. The molecule has 0 aliphatic carbocycles. The molecule has 0 radical (unpaired) electrons. The highest BCUT2D eigenvalue weighted by molar-refractivity contribution is 5.90. The molecule has 1 amide bonds. The lowest BCUT2D eigenvalue weighted by Crippen LogP contribution is -2.19. The Balaban J connectivity index is 2.50. The molecule has 0 bridgehead atoms. The van der Waals surface area contributed by atoms with Crippen molar-refractivity contribution in [1.82, 2.24) is 10.6 Å². The zero-order valence-corrected chi connectivity index (χ0v) is 10.5. The van der Waals surface area contributed by atoms with Crippen LogP contribution in [0.2, 0.25) is 0 Å². The lowest BCUT2D eigenvalue weighted by molar-refractivity contribution is -0.116. The monoisotopic (exact) mass is 235 g/mol. The van der Waals surface area contributed by atoms with E-state index in [0.717, 1.165) is 18.8 Å². The van der Waals surface area contributed by atoms with Gasteiger partial charge in [-0.2, -0.15) is 0 Å². The molecule has 0 atom stereocenters. The third-order valence-corrected chi connectivity index (χ3v) is 2.39. The summed E-state index contributed by atoms with van der Waals surface area (Å²) in [5, 5.41) is 9.10. The molecule has 0 saturated heterocycles. The summed E-state index contributed by atoms with van der Waals surface area (Å²) in [7, 11) is 1.84. The number of amides is 1. The molecule has 0 heterocycles. The summed E-state index contributed by atoms with van der Waals surface area (Å²) >= 11 is 0. The largest absolute Gasteiger partial charge is 0.326 e. The predicted octanol–water partition coefficient (Wildman–Crippen LogP) is 1.34. The second-order valence-corrected chi connectivity index (χ2v) is 3.88. The molecule has 0 aliphatic rings. The fourth-order valence-electron chi connectivity index (χ4n) is 1.49. The molecule has 4 heteroatoms. The molecule has 1 rings (SSSR count). The van der Waals surface area contributed by atoms with Gasteiger partial charge in [-0.1, -0.05) is 19.1 Å². The van der Waals surface area contributed by atoms with Crippen LogP contribution in [0.4, 0.5) is 5.69 Å². The molecular weight excluding hydrogens is 214 g/mol. The van der Waals surface area contributed by atoms with Crippen LogP contribution >= 0.6 is 0 Å². The molecule has 0 aliphatic heterocycles. The minimum Gasteiger partial charge on any atom is -0.326 e. The van der Waals surface area contributed by atoms with Gasteiger partial charge in [0.25, 0.3) is 0 Å². The lowest BCUT2D eigenvalue weighted by atomic mass is 10.2. The molecule has 0 aromatic heterocycles. The van der Waals surface area contributed by atoms with E-state index in [1.165, 1.54) is 5.56 Å². The Labute approximate surface area is 103 Å². The van der Waals surface area contributed by atoms with E-state index in [4.69, 9.17) is 0 Å². The van der Waals surface area contributed by atoms with Gasteiger partial charge in [-0.15, -0.1) is 0 Å². The van der Waals surface area contributed by atoms with E-state index in [9.17, 15) is 4.79 Å². The lowest BCUT2D eigenvalue weighted by Gasteiger charge is -2.07. The van der Waals surface area contributed by atoms with Crippen molar-refractivity contribution >= 4 is 11.6 Å². The van der Waals surface area contributed by atoms with Crippen molar-refractivity contribution in [3.8, 4) is 0 Å². The molecule has 0 spiro atoms. The first-order chi connectivity index (χ1) is 8.26. The van der Waals surface area contributed by atoms with Gasteiger partial charge in [0.05, 0.1) is 0 Å². The maximum absolute atomic E-state index is 11.5. The normalized spacial score (nSPS) is 10.2. The van der Waals surface area contributed by atoms with Crippen molar-refractivity contribution in [2.75, 3.05) is 25.5 Å². The van der Waals surface area contributed by atoms with Crippen molar-refractivity contribution in [3.63, 3.8) is 0 Å². The minimum absolute atomic E-state index is 0.0416. The fourth-order valence-corrected chi connectivity index (χ4v) is 1.49. The van der Waals surface area contributed by atoms with E-state index in [2.05, 4.69) is 22.9 Å². The number of nitrogens with one attached hydrogen (secondary N) is 3. The number of benzene rings is 1. The number of anilines is 1. The van der Waals surface area contributed by atoms with Crippen molar-refractivity contribution in [1.29, 1.82) is 0 Å². The molecule has 1 aromatic carbocycles. The molecule has 17 heavy (non-hydrogen) atoms. The third kappa shape index (κ3) is 5.47. The average molecular weight is 235 g/mol. The van der Waals surface area contributed by atoms with Crippen LogP contribution in [0.25, 0.3) is 0 Å². The smallest absolute Gasteiger partial charge is 0.225 e. The predicted molar refractivity (Wildman–Crippen MR) is 71.0 cm³/mol. The Kier molecular flexibility index (Phi) is 6.29. The summed E-state index contributed by atoms with van der Waals surface area (Å²) in [5.41, 5.74) is 2.04. The van der Waals surface area contributed by atoms with Gasteiger partial charge in [0.15, 0.2) is 0 Å². The van der Waals surface area contributed by atoms with Crippen molar-refractivity contribution in [2.24, 2.45) is 0 Å². The molecule has 3 N–H and O–H groups in total. The Morgan fingerprint density at radius 1 is 1.35 bits per heavy atom. The Bertz CT molecular complexity index is 352. The Morgan fingerprint density at radius 3 is 2.88 bits per heavy atom. The maximum atomic E-state index is 11.5. The second-order valence-electron chi connectivity index (χ2n) is 3.88. The highest BCUT2D eigenvalue weighted by Crippen LogP contribution is 2.10. The van der Waals surface area contributed by atoms with E-state index in [1.54, 1.807) is 0 Å². The number of carbonyl (C=O) groups excluding carboxylic acids is 1. The third-order valence-electron chi connectivity index (χ3n) is 2.39. The van der Waals surface area contributed by atoms with Crippen LogP contribution in [-0.4, -0.2) is 26.0 Å². The first-order valence-electron chi connectivity index (χ1n) is 6.00. The summed E-state index contributed by atoms with van der Waals surface area (Å²) in [4.78, 5) is 11.5. The van der Waals surface area contributed by atoms with Crippen LogP contribution in [0.3, 0.4) is 0 Å². The molecular formula is C13H21N3O. The molecule has 0 fully saturated rings. The summed E-state index contributed by atoms with van der Waals surface area (Å²) in [6.45, 7) is 4.54. The maximum Gasteiger partial charge on any atom is 0.225 e. The molecule has 0 unspecified atom stereocenters. The SMILES string of the molecule is CCNCc1cccc(NC(=O)CCNC)c1. The number of hydrogen-bond donors (Lipinski definition) is 3. The number of rotatable bonds is 7. The average Bonchev–Trinajstić information content (AvgIpc) is 2.34. The standard InChI is InChI=1S/C13H21N3O/c1-3-15-10-11-5-4-6-12(9-11)16-13(17)7-8-14-2/h4-6,9,14-15H,3,7-8,10H2,1-2H3,(H,16,17). The van der Waals surface area contributed by atoms with Crippen molar-refractivity contribution in [2.45, 2.75) is 19.9 Å². The van der Waals surface area contributed by atoms with Gasteiger partial charge in [-0.3, -0.25) is 4.79 Å². The second kappa shape index (κ2) is 7.81. The van der Waals surface area contributed by atoms with E-state index in [1.807, 2.05) is 31.3 Å². The first-order valence-corrected chi connectivity index (χ1v) is 6.00. The van der Waals surface area contributed by atoms with Gasteiger partial charge in [-0.05, 0) is 31.3 Å². The van der Waals surface area contributed by atoms with E-state index >= 15 is 0 Å². The van der Waals surface area contributed by atoms with Gasteiger partial charge in [0.1, 0.15) is 0 Å². The highest BCUT2D eigenvalue weighted by Gasteiger charge is 2.01. The zero-order valence-electron chi connectivity index (χ0n) is 10.5. The number of carbonyl (C=O) groups is 1. The summed E-state index contributed by atoms with van der Waals surface area (Å²) in [6, 6.07) is 7.92. The highest BCUT2D eigenvalue weighted by atomic mass is 16.1. The first kappa shape index (κ1) is 13.7. The van der Waals surface area contributed by atoms with E-state index in [0.29, 0.717) is 13.0 Å². The van der Waals surface area contributed by atoms with Crippen LogP contribution in [0.5, 0.6) is 0 Å². The number of hydrogen-bond acceptors (Lipinski definition) is 3. The van der Waals surface area contributed by atoms with Crippen molar-refractivity contribution < 1.29 is 4.79 Å². The van der Waals surface area contributed by atoms with Gasteiger partial charge >= 0.3 is 0 Å². The molecule has 94 valence electrons. The Hall–Kier alpha value is -1.39. The van der Waals surface area contributed by atoms with Gasteiger partial charge < -0.3 is 16.0 Å². The van der Waals surface area contributed by atoms with E-state index in [-0.39, 0.29) is 5.91 Å². The molecule has 4 nitrogen and oxygen atoms in total. The molecule has 0 saturated carbocycles. The summed E-state index contributed by atoms with van der Waals surface area (Å²) in [5.74, 6) is 0.0416.